The number of benzene rings is 1. The number of halogens is 2. The van der Waals surface area contributed by atoms with Crippen LogP contribution in [-0.2, 0) is 4.79 Å². The van der Waals surface area contributed by atoms with Gasteiger partial charge < -0.3 is 15.3 Å². The Hall–Kier alpha value is -1.46. The largest absolute Gasteiger partial charge is 0.480 e. The summed E-state index contributed by atoms with van der Waals surface area (Å²) in [5, 5.41) is 12.4. The Labute approximate surface area is 120 Å². The molecule has 7 heteroatoms. The maximum Gasteiger partial charge on any atom is 0.326 e. The lowest BCUT2D eigenvalue weighted by Crippen LogP contribution is -2.42. The molecule has 102 valence electrons. The first-order chi connectivity index (χ1) is 8.99. The number of carbonyl (C=O) groups excluding carboxylic acids is 1. The van der Waals surface area contributed by atoms with E-state index in [1.807, 2.05) is 0 Å². The molecule has 0 aliphatic carbocycles. The summed E-state index contributed by atoms with van der Waals surface area (Å²) in [5.74, 6) is -0.991. The molecule has 1 aliphatic heterocycles. The molecular weight excluding hydrogens is 291 g/mol. The molecule has 5 nitrogen and oxygen atoms in total. The van der Waals surface area contributed by atoms with Crippen LogP contribution in [0.1, 0.15) is 12.8 Å². The summed E-state index contributed by atoms with van der Waals surface area (Å²) in [6.07, 6.45) is 1.15. The Morgan fingerprint density at radius 3 is 2.74 bits per heavy atom. The highest BCUT2D eigenvalue weighted by atomic mass is 35.5. The Morgan fingerprint density at radius 1 is 1.37 bits per heavy atom. The zero-order valence-electron chi connectivity index (χ0n) is 9.90. The van der Waals surface area contributed by atoms with E-state index in [0.29, 0.717) is 35.1 Å². The second-order valence-corrected chi connectivity index (χ2v) is 5.09. The van der Waals surface area contributed by atoms with Crippen molar-refractivity contribution in [1.29, 1.82) is 0 Å². The zero-order valence-corrected chi connectivity index (χ0v) is 11.4. The fraction of sp³-hybridized carbons (Fsp3) is 0.333. The van der Waals surface area contributed by atoms with Crippen LogP contribution in [-0.4, -0.2) is 34.6 Å². The van der Waals surface area contributed by atoms with Gasteiger partial charge in [0.25, 0.3) is 0 Å². The third-order valence-electron chi connectivity index (χ3n) is 2.97. The monoisotopic (exact) mass is 302 g/mol. The number of urea groups is 1. The number of nitrogens with zero attached hydrogens (tertiary/aromatic N) is 1. The first-order valence-electron chi connectivity index (χ1n) is 5.74. The van der Waals surface area contributed by atoms with E-state index >= 15 is 0 Å². The van der Waals surface area contributed by atoms with Gasteiger partial charge in [-0.3, -0.25) is 0 Å². The number of nitrogens with one attached hydrogen (secondary N) is 1. The molecule has 1 atom stereocenters. The Morgan fingerprint density at radius 2 is 2.11 bits per heavy atom. The Balaban J connectivity index is 2.10. The predicted octanol–water partition coefficient (Wildman–Crippen LogP) is 3.07. The predicted molar refractivity (Wildman–Crippen MR) is 72.8 cm³/mol. The molecule has 1 aliphatic rings. The maximum absolute atomic E-state index is 12.0. The molecule has 2 N–H and O–H groups in total. The van der Waals surface area contributed by atoms with Crippen LogP contribution in [0.4, 0.5) is 10.5 Å². The number of carboxylic acids is 1. The lowest BCUT2D eigenvalue weighted by molar-refractivity contribution is -0.141. The fourth-order valence-corrected chi connectivity index (χ4v) is 2.50. The Bertz CT molecular complexity index is 522. The highest BCUT2D eigenvalue weighted by Crippen LogP contribution is 2.26. The number of carbonyl (C=O) groups is 2. The van der Waals surface area contributed by atoms with Gasteiger partial charge in [-0.15, -0.1) is 0 Å². The molecule has 19 heavy (non-hydrogen) atoms. The van der Waals surface area contributed by atoms with Crippen molar-refractivity contribution in [3.63, 3.8) is 0 Å². The van der Waals surface area contributed by atoms with Gasteiger partial charge in [0.05, 0.1) is 10.7 Å². The molecular formula is C12H12Cl2N2O3. The minimum atomic E-state index is -0.991. The van der Waals surface area contributed by atoms with Crippen LogP contribution in [0.3, 0.4) is 0 Å². The fourth-order valence-electron chi connectivity index (χ4n) is 2.04. The van der Waals surface area contributed by atoms with Crippen molar-refractivity contribution in [2.75, 3.05) is 11.9 Å². The second-order valence-electron chi connectivity index (χ2n) is 4.24. The van der Waals surface area contributed by atoms with Gasteiger partial charge in [0.15, 0.2) is 0 Å². The summed E-state index contributed by atoms with van der Waals surface area (Å²) >= 11 is 11.7. The SMILES string of the molecule is O=C(O)[C@H]1CCCN1C(=O)Nc1ccc(Cl)cc1Cl. The van der Waals surface area contributed by atoms with Crippen molar-refractivity contribution < 1.29 is 14.7 Å². The summed E-state index contributed by atoms with van der Waals surface area (Å²) in [6, 6.07) is 3.45. The van der Waals surface area contributed by atoms with Crippen LogP contribution >= 0.6 is 23.2 Å². The van der Waals surface area contributed by atoms with Crippen LogP contribution in [0, 0.1) is 0 Å². The third kappa shape index (κ3) is 3.11. The van der Waals surface area contributed by atoms with Crippen LogP contribution < -0.4 is 5.32 Å². The summed E-state index contributed by atoms with van der Waals surface area (Å²) in [7, 11) is 0. The molecule has 2 amide bonds. The molecule has 1 heterocycles. The van der Waals surface area contributed by atoms with Crippen LogP contribution in [0.15, 0.2) is 18.2 Å². The van der Waals surface area contributed by atoms with Gasteiger partial charge in [0.1, 0.15) is 6.04 Å². The van der Waals surface area contributed by atoms with E-state index in [1.165, 1.54) is 11.0 Å². The highest BCUT2D eigenvalue weighted by molar-refractivity contribution is 6.36. The molecule has 0 unspecified atom stereocenters. The number of carboxylic acid groups (broad SMARTS) is 1. The normalized spacial score (nSPS) is 18.4. The topological polar surface area (TPSA) is 69.6 Å². The molecule has 1 aromatic rings. The molecule has 2 rings (SSSR count). The summed E-state index contributed by atoms with van der Waals surface area (Å²) in [5.41, 5.74) is 0.409. The van der Waals surface area contributed by atoms with E-state index in [4.69, 9.17) is 28.3 Å². The van der Waals surface area contributed by atoms with Gasteiger partial charge in [-0.05, 0) is 31.0 Å². The van der Waals surface area contributed by atoms with E-state index < -0.39 is 18.0 Å². The number of likely N-dealkylation sites (tertiary alicyclic amines) is 1. The lowest BCUT2D eigenvalue weighted by atomic mass is 10.2. The van der Waals surface area contributed by atoms with Gasteiger partial charge in [-0.2, -0.15) is 0 Å². The van der Waals surface area contributed by atoms with Gasteiger partial charge in [-0.25, -0.2) is 9.59 Å². The van der Waals surface area contributed by atoms with E-state index in [2.05, 4.69) is 5.32 Å². The average molecular weight is 303 g/mol. The molecule has 0 spiro atoms. The molecule has 1 saturated heterocycles. The van der Waals surface area contributed by atoms with Gasteiger partial charge >= 0.3 is 12.0 Å². The minimum absolute atomic E-state index is 0.312. The molecule has 1 aromatic carbocycles. The number of hydrogen-bond acceptors (Lipinski definition) is 2. The number of amides is 2. The van der Waals surface area contributed by atoms with Crippen molar-refractivity contribution >= 4 is 40.9 Å². The van der Waals surface area contributed by atoms with E-state index in [9.17, 15) is 9.59 Å². The summed E-state index contributed by atoms with van der Waals surface area (Å²) in [6.45, 7) is 0.425. The second kappa shape index (κ2) is 5.67. The number of rotatable bonds is 2. The van der Waals surface area contributed by atoms with Gasteiger partial charge in [-0.1, -0.05) is 23.2 Å². The molecule has 0 aromatic heterocycles. The van der Waals surface area contributed by atoms with Gasteiger partial charge in [0.2, 0.25) is 0 Å². The van der Waals surface area contributed by atoms with E-state index in [-0.39, 0.29) is 0 Å². The molecule has 0 bridgehead atoms. The summed E-state index contributed by atoms with van der Waals surface area (Å²) < 4.78 is 0. The van der Waals surface area contributed by atoms with Gasteiger partial charge in [0, 0.05) is 11.6 Å². The van der Waals surface area contributed by atoms with Crippen LogP contribution in [0.5, 0.6) is 0 Å². The Kier molecular flexibility index (Phi) is 4.17. The number of hydrogen-bond donors (Lipinski definition) is 2. The first kappa shape index (κ1) is 14.0. The van der Waals surface area contributed by atoms with Crippen molar-refractivity contribution in [3.05, 3.63) is 28.2 Å². The van der Waals surface area contributed by atoms with Crippen molar-refractivity contribution in [2.45, 2.75) is 18.9 Å². The van der Waals surface area contributed by atoms with Crippen molar-refractivity contribution in [3.8, 4) is 0 Å². The minimum Gasteiger partial charge on any atom is -0.480 e. The van der Waals surface area contributed by atoms with Crippen LogP contribution in [0.2, 0.25) is 10.0 Å². The summed E-state index contributed by atoms with van der Waals surface area (Å²) in [4.78, 5) is 24.3. The highest BCUT2D eigenvalue weighted by Gasteiger charge is 2.34. The third-order valence-corrected chi connectivity index (χ3v) is 3.52. The number of aliphatic carboxylic acids is 1. The van der Waals surface area contributed by atoms with E-state index in [0.717, 1.165) is 0 Å². The zero-order chi connectivity index (χ0) is 14.0. The van der Waals surface area contributed by atoms with Crippen molar-refractivity contribution in [1.82, 2.24) is 4.90 Å². The smallest absolute Gasteiger partial charge is 0.326 e. The first-order valence-corrected chi connectivity index (χ1v) is 6.50. The molecule has 0 radical (unpaired) electrons. The molecule has 0 saturated carbocycles. The van der Waals surface area contributed by atoms with Crippen LogP contribution in [0.25, 0.3) is 0 Å². The number of anilines is 1. The maximum atomic E-state index is 12.0. The van der Waals surface area contributed by atoms with Crippen molar-refractivity contribution in [2.24, 2.45) is 0 Å². The standard InChI is InChI=1S/C12H12Cl2N2O3/c13-7-3-4-9(8(14)6-7)15-12(19)16-5-1-2-10(16)11(17)18/h3-4,6,10H,1-2,5H2,(H,15,19)(H,17,18)/t10-/m1/s1. The average Bonchev–Trinajstić information content (AvgIpc) is 2.82. The lowest BCUT2D eigenvalue weighted by Gasteiger charge is -2.22. The molecule has 1 fully saturated rings. The van der Waals surface area contributed by atoms with E-state index in [1.54, 1.807) is 12.1 Å². The quantitative estimate of drug-likeness (QED) is 0.882.